The van der Waals surface area contributed by atoms with Crippen LogP contribution in [0.4, 0.5) is 0 Å². The van der Waals surface area contributed by atoms with Crippen molar-refractivity contribution in [3.63, 3.8) is 0 Å². The molecule has 1 amide bonds. The third kappa shape index (κ3) is 5.10. The highest BCUT2D eigenvalue weighted by atomic mass is 16.5. The van der Waals surface area contributed by atoms with E-state index in [2.05, 4.69) is 37.5 Å². The molecule has 1 atom stereocenters. The van der Waals surface area contributed by atoms with Crippen LogP contribution in [0.25, 0.3) is 10.9 Å². The van der Waals surface area contributed by atoms with Crippen LogP contribution in [0.1, 0.15) is 33.5 Å². The fraction of sp³-hybridized carbons (Fsp3) is 0.276. The fourth-order valence-electron chi connectivity index (χ4n) is 5.22. The van der Waals surface area contributed by atoms with E-state index in [1.54, 1.807) is 28.8 Å². The monoisotopic (exact) mass is 539 g/mol. The number of carbonyl (C=O) groups is 1. The highest BCUT2D eigenvalue weighted by Crippen LogP contribution is 2.29. The number of hydrogen-bond acceptors (Lipinski definition) is 8. The lowest BCUT2D eigenvalue weighted by molar-refractivity contribution is 0.0558. The molecule has 1 aliphatic rings. The van der Waals surface area contributed by atoms with Crippen LogP contribution < -0.4 is 10.3 Å². The number of benzene rings is 2. The van der Waals surface area contributed by atoms with Gasteiger partial charge in [-0.15, -0.1) is 5.10 Å². The first kappa shape index (κ1) is 25.5. The zero-order valence-corrected chi connectivity index (χ0v) is 22.1. The van der Waals surface area contributed by atoms with E-state index < -0.39 is 6.04 Å². The van der Waals surface area contributed by atoms with Crippen LogP contribution in [-0.4, -0.2) is 74.2 Å². The van der Waals surface area contributed by atoms with Gasteiger partial charge in [-0.1, -0.05) is 30.3 Å². The molecule has 1 unspecified atom stereocenters. The van der Waals surface area contributed by atoms with Gasteiger partial charge in [0.25, 0.3) is 11.5 Å². The molecule has 4 heterocycles. The molecular weight excluding hydrogens is 510 g/mol. The number of nitrogens with one attached hydrogen (secondary N) is 1. The molecule has 2 aromatic carbocycles. The number of ether oxygens (including phenoxy) is 1. The van der Waals surface area contributed by atoms with Crippen LogP contribution in [0, 0.1) is 0 Å². The van der Waals surface area contributed by atoms with Gasteiger partial charge in [0, 0.05) is 49.2 Å². The number of nitrogens with zero attached hydrogens (tertiary/aromatic N) is 6. The molecule has 6 rings (SSSR count). The van der Waals surface area contributed by atoms with Crippen molar-refractivity contribution in [1.29, 1.82) is 0 Å². The molecular formula is C29H29N7O4. The van der Waals surface area contributed by atoms with Gasteiger partial charge in [-0.05, 0) is 58.8 Å². The van der Waals surface area contributed by atoms with Crippen LogP contribution in [0.15, 0.2) is 82.2 Å². The van der Waals surface area contributed by atoms with Crippen LogP contribution in [0.5, 0.6) is 5.75 Å². The minimum absolute atomic E-state index is 0.149. The first-order valence-electron chi connectivity index (χ1n) is 13.2. The van der Waals surface area contributed by atoms with Crippen molar-refractivity contribution >= 4 is 16.8 Å². The molecule has 0 bridgehead atoms. The van der Waals surface area contributed by atoms with Crippen molar-refractivity contribution < 1.29 is 13.9 Å². The quantitative estimate of drug-likeness (QED) is 0.319. The summed E-state index contributed by atoms with van der Waals surface area (Å²) in [7, 11) is 1.61. The lowest BCUT2D eigenvalue weighted by Crippen LogP contribution is -2.50. The van der Waals surface area contributed by atoms with Gasteiger partial charge in [0.05, 0.1) is 13.4 Å². The highest BCUT2D eigenvalue weighted by Gasteiger charge is 2.34. The Bertz CT molecular complexity index is 1660. The van der Waals surface area contributed by atoms with Crippen molar-refractivity contribution in [3.05, 3.63) is 106 Å². The first-order chi connectivity index (χ1) is 19.6. The Labute approximate surface area is 230 Å². The molecule has 3 aromatic heterocycles. The number of furan rings is 1. The highest BCUT2D eigenvalue weighted by molar-refractivity contribution is 5.91. The van der Waals surface area contributed by atoms with E-state index in [0.717, 1.165) is 11.8 Å². The molecule has 0 spiro atoms. The lowest BCUT2D eigenvalue weighted by Gasteiger charge is -2.38. The summed E-state index contributed by atoms with van der Waals surface area (Å²) in [6.07, 6.45) is 2.23. The standard InChI is InChI=1S/C29H29N7O4/c1-39-22-9-10-24-21(18-22)19-23(28(37)30-24)26(27-31-32-33-36(27)12-11-20-6-3-2-4-7-20)34-13-15-35(16-14-34)29(38)25-8-5-17-40-25/h2-10,17-19,26H,11-16H2,1H3,(H,30,37). The molecule has 1 saturated heterocycles. The number of aromatic nitrogens is 5. The Balaban J connectivity index is 1.35. The maximum Gasteiger partial charge on any atom is 0.289 e. The summed E-state index contributed by atoms with van der Waals surface area (Å²) >= 11 is 0. The number of piperazine rings is 1. The van der Waals surface area contributed by atoms with Crippen molar-refractivity contribution in [2.75, 3.05) is 33.3 Å². The normalized spacial score (nSPS) is 14.9. The van der Waals surface area contributed by atoms with Gasteiger partial charge in [0.15, 0.2) is 11.6 Å². The fourth-order valence-corrected chi connectivity index (χ4v) is 5.22. The zero-order valence-electron chi connectivity index (χ0n) is 22.1. The van der Waals surface area contributed by atoms with E-state index in [9.17, 15) is 9.59 Å². The summed E-state index contributed by atoms with van der Waals surface area (Å²) in [5.74, 6) is 1.44. The largest absolute Gasteiger partial charge is 0.497 e. The Hall–Kier alpha value is -4.77. The van der Waals surface area contributed by atoms with E-state index >= 15 is 0 Å². The smallest absolute Gasteiger partial charge is 0.289 e. The predicted octanol–water partition coefficient (Wildman–Crippen LogP) is 2.91. The van der Waals surface area contributed by atoms with Crippen molar-refractivity contribution in [2.45, 2.75) is 19.0 Å². The number of fused-ring (bicyclic) bond motifs is 1. The van der Waals surface area contributed by atoms with Gasteiger partial charge in [-0.2, -0.15) is 0 Å². The number of H-pyrrole nitrogens is 1. The van der Waals surface area contributed by atoms with Gasteiger partial charge in [-0.3, -0.25) is 14.5 Å². The van der Waals surface area contributed by atoms with E-state index in [0.29, 0.717) is 61.1 Å². The summed E-state index contributed by atoms with van der Waals surface area (Å²) in [6, 6.07) is 20.4. The lowest BCUT2D eigenvalue weighted by atomic mass is 10.0. The number of tetrazole rings is 1. The molecule has 204 valence electrons. The molecule has 11 nitrogen and oxygen atoms in total. The molecule has 0 aliphatic carbocycles. The molecule has 1 aliphatic heterocycles. The Morgan fingerprint density at radius 2 is 1.88 bits per heavy atom. The molecule has 1 fully saturated rings. The number of amides is 1. The van der Waals surface area contributed by atoms with Gasteiger partial charge in [0.2, 0.25) is 0 Å². The second kappa shape index (κ2) is 11.1. The number of aryl methyl sites for hydroxylation is 2. The molecule has 11 heteroatoms. The SMILES string of the molecule is COc1ccc2[nH]c(=O)c(C(c3nnnn3CCc3ccccc3)N3CCN(C(=O)c4ccco4)CC3)cc2c1. The zero-order chi connectivity index (χ0) is 27.5. The topological polar surface area (TPSA) is 122 Å². The summed E-state index contributed by atoms with van der Waals surface area (Å²) in [5, 5.41) is 13.5. The number of rotatable bonds is 8. The van der Waals surface area contributed by atoms with Crippen molar-refractivity contribution in [2.24, 2.45) is 0 Å². The van der Waals surface area contributed by atoms with E-state index in [-0.39, 0.29) is 11.5 Å². The Morgan fingerprint density at radius 1 is 1.05 bits per heavy atom. The minimum Gasteiger partial charge on any atom is -0.497 e. The maximum absolute atomic E-state index is 13.5. The summed E-state index contributed by atoms with van der Waals surface area (Å²) in [6.45, 7) is 2.55. The predicted molar refractivity (Wildman–Crippen MR) is 147 cm³/mol. The molecule has 1 N–H and O–H groups in total. The van der Waals surface area contributed by atoms with Gasteiger partial charge >= 0.3 is 0 Å². The molecule has 5 aromatic rings. The van der Waals surface area contributed by atoms with Crippen LogP contribution >= 0.6 is 0 Å². The number of carbonyl (C=O) groups excluding carboxylic acids is 1. The summed E-state index contributed by atoms with van der Waals surface area (Å²) in [4.78, 5) is 33.3. The number of hydrogen-bond donors (Lipinski definition) is 1. The number of aromatic amines is 1. The molecule has 0 radical (unpaired) electrons. The maximum atomic E-state index is 13.5. The van der Waals surface area contributed by atoms with Crippen LogP contribution in [0.2, 0.25) is 0 Å². The second-order valence-electron chi connectivity index (χ2n) is 9.71. The molecule has 40 heavy (non-hydrogen) atoms. The second-order valence-corrected chi connectivity index (χ2v) is 9.71. The van der Waals surface area contributed by atoms with Crippen LogP contribution in [0.3, 0.4) is 0 Å². The summed E-state index contributed by atoms with van der Waals surface area (Å²) < 4.78 is 12.5. The average Bonchev–Trinajstić information content (AvgIpc) is 3.70. The Kier molecular flexibility index (Phi) is 7.11. The minimum atomic E-state index is -0.522. The first-order valence-corrected chi connectivity index (χ1v) is 13.2. The third-order valence-electron chi connectivity index (χ3n) is 7.33. The van der Waals surface area contributed by atoms with E-state index in [1.165, 1.54) is 11.8 Å². The van der Waals surface area contributed by atoms with Crippen molar-refractivity contribution in [3.8, 4) is 5.75 Å². The van der Waals surface area contributed by atoms with Crippen LogP contribution in [-0.2, 0) is 13.0 Å². The van der Waals surface area contributed by atoms with Gasteiger partial charge in [0.1, 0.15) is 11.8 Å². The molecule has 0 saturated carbocycles. The average molecular weight is 540 g/mol. The number of methoxy groups -OCH3 is 1. The van der Waals surface area contributed by atoms with E-state index in [1.807, 2.05) is 42.5 Å². The van der Waals surface area contributed by atoms with Crippen molar-refractivity contribution in [1.82, 2.24) is 35.0 Å². The van der Waals surface area contributed by atoms with Gasteiger partial charge in [-0.25, -0.2) is 4.68 Å². The Morgan fingerprint density at radius 3 is 2.62 bits per heavy atom. The third-order valence-corrected chi connectivity index (χ3v) is 7.33. The van der Waals surface area contributed by atoms with E-state index in [4.69, 9.17) is 9.15 Å². The summed E-state index contributed by atoms with van der Waals surface area (Å²) in [5.41, 5.74) is 2.20. The number of pyridine rings is 1. The van der Waals surface area contributed by atoms with Gasteiger partial charge < -0.3 is 19.0 Å².